The van der Waals surface area contributed by atoms with Crippen molar-refractivity contribution in [1.82, 2.24) is 5.32 Å². The number of hydrogen-bond donors (Lipinski definition) is 2. The summed E-state index contributed by atoms with van der Waals surface area (Å²) in [7, 11) is 1.54. The summed E-state index contributed by atoms with van der Waals surface area (Å²) in [6.45, 7) is 4.18. The molecule has 0 bridgehead atoms. The Hall–Kier alpha value is -1.55. The Kier molecular flexibility index (Phi) is 5.65. The number of nitrogens with one attached hydrogen (secondary N) is 1. The molecule has 2 N–H and O–H groups in total. The molecule has 0 aromatic heterocycles. The van der Waals surface area contributed by atoms with Crippen molar-refractivity contribution >= 4 is 5.91 Å². The Balaban J connectivity index is 2.68. The summed E-state index contributed by atoms with van der Waals surface area (Å²) in [5, 5.41) is 12.3. The highest BCUT2D eigenvalue weighted by atomic mass is 16.5. The fraction of sp³-hybridized carbons (Fsp3) is 0.500. The maximum absolute atomic E-state index is 12.0. The van der Waals surface area contributed by atoms with Gasteiger partial charge in [0.25, 0.3) is 5.91 Å². The first-order valence-electron chi connectivity index (χ1n) is 6.19. The zero-order valence-corrected chi connectivity index (χ0v) is 11.2. The average Bonchev–Trinajstić information content (AvgIpc) is 2.36. The third-order valence-corrected chi connectivity index (χ3v) is 2.72. The molecule has 0 spiro atoms. The number of carbonyl (C=O) groups excluding carboxylic acids is 1. The van der Waals surface area contributed by atoms with Gasteiger partial charge in [-0.25, -0.2) is 0 Å². The molecule has 1 amide bonds. The van der Waals surface area contributed by atoms with E-state index in [2.05, 4.69) is 5.32 Å². The molecule has 0 saturated carbocycles. The first-order valence-corrected chi connectivity index (χ1v) is 6.19. The molecular formula is C14H21NO3. The van der Waals surface area contributed by atoms with Crippen LogP contribution in [0.25, 0.3) is 0 Å². The van der Waals surface area contributed by atoms with Crippen molar-refractivity contribution in [1.29, 1.82) is 0 Å². The van der Waals surface area contributed by atoms with Crippen LogP contribution >= 0.6 is 0 Å². The van der Waals surface area contributed by atoms with Gasteiger partial charge in [-0.1, -0.05) is 25.0 Å². The molecule has 0 saturated heterocycles. The number of methoxy groups -OCH3 is 1. The summed E-state index contributed by atoms with van der Waals surface area (Å²) >= 11 is 0. The molecule has 4 heteroatoms. The van der Waals surface area contributed by atoms with Crippen molar-refractivity contribution in [3.05, 3.63) is 29.3 Å². The van der Waals surface area contributed by atoms with E-state index in [-0.39, 0.29) is 12.5 Å². The second-order valence-electron chi connectivity index (χ2n) is 4.36. The van der Waals surface area contributed by atoms with Crippen LogP contribution in [0.4, 0.5) is 0 Å². The number of aliphatic hydroxyl groups excluding tert-OH is 1. The van der Waals surface area contributed by atoms with Gasteiger partial charge >= 0.3 is 0 Å². The molecule has 1 atom stereocenters. The van der Waals surface area contributed by atoms with Gasteiger partial charge in [0.1, 0.15) is 5.75 Å². The Morgan fingerprint density at radius 2 is 2.22 bits per heavy atom. The molecule has 0 fully saturated rings. The highest BCUT2D eigenvalue weighted by molar-refractivity contribution is 5.97. The molecule has 0 heterocycles. The zero-order chi connectivity index (χ0) is 13.5. The monoisotopic (exact) mass is 251 g/mol. The van der Waals surface area contributed by atoms with Crippen molar-refractivity contribution in [3.8, 4) is 5.75 Å². The van der Waals surface area contributed by atoms with Gasteiger partial charge in [-0.2, -0.15) is 0 Å². The van der Waals surface area contributed by atoms with Crippen LogP contribution in [0.5, 0.6) is 5.75 Å². The molecule has 1 aromatic carbocycles. The van der Waals surface area contributed by atoms with Gasteiger partial charge in [0.05, 0.1) is 18.8 Å². The first kappa shape index (κ1) is 14.5. The van der Waals surface area contributed by atoms with E-state index in [1.807, 2.05) is 19.9 Å². The zero-order valence-electron chi connectivity index (χ0n) is 11.2. The largest absolute Gasteiger partial charge is 0.496 e. The fourth-order valence-electron chi connectivity index (χ4n) is 1.74. The normalized spacial score (nSPS) is 12.0. The average molecular weight is 251 g/mol. The standard InChI is InChI=1S/C14H21NO3/c1-4-5-11(16)9-15-14(17)12-8-10(2)6-7-13(12)18-3/h6-8,11,16H,4-5,9H2,1-3H3,(H,15,17). The number of rotatable bonds is 6. The maximum atomic E-state index is 12.0. The van der Waals surface area contributed by atoms with Crippen LogP contribution < -0.4 is 10.1 Å². The SMILES string of the molecule is CCCC(O)CNC(=O)c1cc(C)ccc1OC. The summed E-state index contributed by atoms with van der Waals surface area (Å²) in [6, 6.07) is 5.44. The Labute approximate surface area is 108 Å². The molecule has 18 heavy (non-hydrogen) atoms. The van der Waals surface area contributed by atoms with Crippen LogP contribution in [0.1, 0.15) is 35.7 Å². The topological polar surface area (TPSA) is 58.6 Å². The minimum Gasteiger partial charge on any atom is -0.496 e. The van der Waals surface area contributed by atoms with Crippen molar-refractivity contribution in [2.75, 3.05) is 13.7 Å². The molecule has 1 aromatic rings. The van der Waals surface area contributed by atoms with E-state index in [0.717, 1.165) is 12.0 Å². The van der Waals surface area contributed by atoms with E-state index in [1.165, 1.54) is 7.11 Å². The molecule has 4 nitrogen and oxygen atoms in total. The molecule has 1 rings (SSSR count). The van der Waals surface area contributed by atoms with Gasteiger partial charge in [-0.15, -0.1) is 0 Å². The smallest absolute Gasteiger partial charge is 0.255 e. The molecular weight excluding hydrogens is 230 g/mol. The predicted octanol–water partition coefficient (Wildman–Crippen LogP) is 1.89. The van der Waals surface area contributed by atoms with E-state index in [4.69, 9.17) is 4.74 Å². The Morgan fingerprint density at radius 1 is 1.50 bits per heavy atom. The third kappa shape index (κ3) is 4.04. The number of benzene rings is 1. The van der Waals surface area contributed by atoms with Gasteiger partial charge < -0.3 is 15.2 Å². The van der Waals surface area contributed by atoms with Crippen molar-refractivity contribution in [2.45, 2.75) is 32.8 Å². The van der Waals surface area contributed by atoms with Crippen LogP contribution in [-0.2, 0) is 0 Å². The molecule has 100 valence electrons. The van der Waals surface area contributed by atoms with Gasteiger partial charge in [-0.3, -0.25) is 4.79 Å². The van der Waals surface area contributed by atoms with E-state index < -0.39 is 6.10 Å². The van der Waals surface area contributed by atoms with E-state index in [0.29, 0.717) is 17.7 Å². The fourth-order valence-corrected chi connectivity index (χ4v) is 1.74. The second kappa shape index (κ2) is 7.01. The third-order valence-electron chi connectivity index (χ3n) is 2.72. The lowest BCUT2D eigenvalue weighted by Gasteiger charge is -2.13. The quantitative estimate of drug-likeness (QED) is 0.811. The lowest BCUT2D eigenvalue weighted by atomic mass is 10.1. The van der Waals surface area contributed by atoms with Gasteiger partial charge in [-0.05, 0) is 25.5 Å². The van der Waals surface area contributed by atoms with Crippen molar-refractivity contribution in [2.24, 2.45) is 0 Å². The van der Waals surface area contributed by atoms with E-state index in [1.54, 1.807) is 12.1 Å². The summed E-state index contributed by atoms with van der Waals surface area (Å²) in [5.41, 5.74) is 1.50. The van der Waals surface area contributed by atoms with Crippen molar-refractivity contribution < 1.29 is 14.6 Å². The predicted molar refractivity (Wildman–Crippen MR) is 71.0 cm³/mol. The summed E-state index contributed by atoms with van der Waals surface area (Å²) in [6.07, 6.45) is 1.09. The number of hydrogen-bond acceptors (Lipinski definition) is 3. The Bertz CT molecular complexity index is 404. The van der Waals surface area contributed by atoms with Gasteiger partial charge in [0.2, 0.25) is 0 Å². The highest BCUT2D eigenvalue weighted by Gasteiger charge is 2.13. The van der Waals surface area contributed by atoms with E-state index >= 15 is 0 Å². The van der Waals surface area contributed by atoms with Crippen LogP contribution in [0.15, 0.2) is 18.2 Å². The maximum Gasteiger partial charge on any atom is 0.255 e. The number of amides is 1. The number of aliphatic hydroxyl groups is 1. The number of carbonyl (C=O) groups is 1. The van der Waals surface area contributed by atoms with Gasteiger partial charge in [0.15, 0.2) is 0 Å². The van der Waals surface area contributed by atoms with Crippen LogP contribution in [0.2, 0.25) is 0 Å². The van der Waals surface area contributed by atoms with Crippen LogP contribution in [0, 0.1) is 6.92 Å². The highest BCUT2D eigenvalue weighted by Crippen LogP contribution is 2.19. The van der Waals surface area contributed by atoms with Gasteiger partial charge in [0, 0.05) is 6.54 Å². The lowest BCUT2D eigenvalue weighted by Crippen LogP contribution is -2.32. The van der Waals surface area contributed by atoms with Crippen molar-refractivity contribution in [3.63, 3.8) is 0 Å². The minimum atomic E-state index is -0.491. The number of aryl methyl sites for hydroxylation is 1. The van der Waals surface area contributed by atoms with Crippen LogP contribution in [-0.4, -0.2) is 30.8 Å². The molecule has 0 aliphatic heterocycles. The lowest BCUT2D eigenvalue weighted by molar-refractivity contribution is 0.0907. The molecule has 0 radical (unpaired) electrons. The summed E-state index contributed by atoms with van der Waals surface area (Å²) in [4.78, 5) is 12.0. The molecule has 0 aliphatic rings. The molecule has 1 unspecified atom stereocenters. The summed E-state index contributed by atoms with van der Waals surface area (Å²) < 4.78 is 5.15. The first-order chi connectivity index (χ1) is 8.58. The molecule has 0 aliphatic carbocycles. The number of ether oxygens (including phenoxy) is 1. The summed E-state index contributed by atoms with van der Waals surface area (Å²) in [5.74, 6) is 0.328. The van der Waals surface area contributed by atoms with E-state index in [9.17, 15) is 9.90 Å². The van der Waals surface area contributed by atoms with Crippen LogP contribution in [0.3, 0.4) is 0 Å². The second-order valence-corrected chi connectivity index (χ2v) is 4.36. The minimum absolute atomic E-state index is 0.217. The Morgan fingerprint density at radius 3 is 2.83 bits per heavy atom.